The molecular formula is C12H19N3OS. The smallest absolute Gasteiger partial charge is 0.270 e. The summed E-state index contributed by atoms with van der Waals surface area (Å²) in [5.41, 5.74) is 6.00. The van der Waals surface area contributed by atoms with E-state index in [2.05, 4.69) is 17.2 Å². The van der Waals surface area contributed by atoms with Crippen molar-refractivity contribution in [2.75, 3.05) is 6.54 Å². The molecular weight excluding hydrogens is 234 g/mol. The molecule has 1 aliphatic carbocycles. The quantitative estimate of drug-likeness (QED) is 0.808. The van der Waals surface area contributed by atoms with Gasteiger partial charge in [-0.05, 0) is 25.3 Å². The summed E-state index contributed by atoms with van der Waals surface area (Å²) in [6.07, 6.45) is 4.27. The van der Waals surface area contributed by atoms with Crippen molar-refractivity contribution in [3.63, 3.8) is 0 Å². The van der Waals surface area contributed by atoms with Gasteiger partial charge in [-0.1, -0.05) is 13.3 Å². The molecule has 0 aromatic carbocycles. The minimum Gasteiger partial charge on any atom is -0.348 e. The number of hydrogen-bond donors (Lipinski definition) is 2. The molecule has 1 saturated carbocycles. The van der Waals surface area contributed by atoms with E-state index in [0.29, 0.717) is 24.2 Å². The minimum atomic E-state index is -0.0341. The number of nitrogens with one attached hydrogen (secondary N) is 1. The molecule has 1 aliphatic rings. The Bertz CT molecular complexity index is 391. The van der Waals surface area contributed by atoms with E-state index in [1.807, 2.05) is 5.38 Å². The van der Waals surface area contributed by atoms with Crippen LogP contribution in [0.15, 0.2) is 5.38 Å². The molecule has 0 aliphatic heterocycles. The fourth-order valence-corrected chi connectivity index (χ4v) is 2.80. The van der Waals surface area contributed by atoms with E-state index in [9.17, 15) is 4.79 Å². The first-order chi connectivity index (χ1) is 8.24. The summed E-state index contributed by atoms with van der Waals surface area (Å²) >= 11 is 1.51. The predicted molar refractivity (Wildman–Crippen MR) is 69.1 cm³/mol. The second-order valence-corrected chi connectivity index (χ2v) is 5.47. The number of nitrogens with two attached hydrogens (primary N) is 1. The lowest BCUT2D eigenvalue weighted by atomic mass is 10.2. The zero-order valence-corrected chi connectivity index (χ0v) is 10.9. The first-order valence-corrected chi connectivity index (χ1v) is 7.08. The first kappa shape index (κ1) is 12.5. The summed E-state index contributed by atoms with van der Waals surface area (Å²) in [4.78, 5) is 16.1. The van der Waals surface area contributed by atoms with E-state index in [-0.39, 0.29) is 5.91 Å². The molecule has 1 amide bonds. The van der Waals surface area contributed by atoms with Gasteiger partial charge in [0.2, 0.25) is 0 Å². The summed E-state index contributed by atoms with van der Waals surface area (Å²) in [7, 11) is 0. The molecule has 0 spiro atoms. The highest BCUT2D eigenvalue weighted by molar-refractivity contribution is 7.09. The number of thiazole rings is 1. The van der Waals surface area contributed by atoms with Gasteiger partial charge in [-0.15, -0.1) is 11.3 Å². The standard InChI is InChI=1S/C12H19N3OS/c1-2-3-8-6-9(8)15-12(16)10-7-17-11(14-10)4-5-13/h7-9H,2-6,13H2,1H3,(H,15,16). The van der Waals surface area contributed by atoms with Crippen LogP contribution < -0.4 is 11.1 Å². The van der Waals surface area contributed by atoms with Crippen LogP contribution >= 0.6 is 11.3 Å². The molecule has 0 radical (unpaired) electrons. The molecule has 1 aromatic rings. The molecule has 3 N–H and O–H groups in total. The van der Waals surface area contributed by atoms with Crippen LogP contribution in [0.2, 0.25) is 0 Å². The topological polar surface area (TPSA) is 68.0 Å². The first-order valence-electron chi connectivity index (χ1n) is 6.20. The molecule has 2 unspecified atom stereocenters. The van der Waals surface area contributed by atoms with E-state index in [1.165, 1.54) is 24.2 Å². The monoisotopic (exact) mass is 253 g/mol. The molecule has 17 heavy (non-hydrogen) atoms. The van der Waals surface area contributed by atoms with Gasteiger partial charge in [0.15, 0.2) is 0 Å². The van der Waals surface area contributed by atoms with E-state index in [4.69, 9.17) is 5.73 Å². The third kappa shape index (κ3) is 3.26. The molecule has 1 fully saturated rings. The zero-order valence-electron chi connectivity index (χ0n) is 10.1. The van der Waals surface area contributed by atoms with Crippen LogP contribution in [0.1, 0.15) is 41.7 Å². The maximum absolute atomic E-state index is 11.9. The fourth-order valence-electron chi connectivity index (χ4n) is 2.01. The van der Waals surface area contributed by atoms with Crippen LogP contribution in [0.4, 0.5) is 0 Å². The van der Waals surface area contributed by atoms with Crippen LogP contribution in [0.3, 0.4) is 0 Å². The van der Waals surface area contributed by atoms with Crippen molar-refractivity contribution in [1.29, 1.82) is 0 Å². The van der Waals surface area contributed by atoms with Gasteiger partial charge in [0.25, 0.3) is 5.91 Å². The van der Waals surface area contributed by atoms with Crippen molar-refractivity contribution in [3.8, 4) is 0 Å². The number of rotatable bonds is 6. The molecule has 2 atom stereocenters. The Balaban J connectivity index is 1.83. The minimum absolute atomic E-state index is 0.0341. The highest BCUT2D eigenvalue weighted by Crippen LogP contribution is 2.34. The van der Waals surface area contributed by atoms with Crippen molar-refractivity contribution in [2.24, 2.45) is 11.7 Å². The summed E-state index contributed by atoms with van der Waals surface area (Å²) < 4.78 is 0. The van der Waals surface area contributed by atoms with Crippen molar-refractivity contribution in [1.82, 2.24) is 10.3 Å². The highest BCUT2D eigenvalue weighted by Gasteiger charge is 2.37. The lowest BCUT2D eigenvalue weighted by Gasteiger charge is -2.01. The van der Waals surface area contributed by atoms with E-state index in [1.54, 1.807) is 0 Å². The molecule has 94 valence electrons. The Morgan fingerprint density at radius 1 is 1.71 bits per heavy atom. The largest absolute Gasteiger partial charge is 0.348 e. The molecule has 1 heterocycles. The molecule has 5 heteroatoms. The Hall–Kier alpha value is -0.940. The van der Waals surface area contributed by atoms with Crippen molar-refractivity contribution in [3.05, 3.63) is 16.1 Å². The SMILES string of the molecule is CCCC1CC1NC(=O)c1csc(CCN)n1. The number of nitrogens with zero attached hydrogens (tertiary/aromatic N) is 1. The van der Waals surface area contributed by atoms with Crippen molar-refractivity contribution in [2.45, 2.75) is 38.6 Å². The third-order valence-corrected chi connectivity index (χ3v) is 3.95. The number of amides is 1. The van der Waals surface area contributed by atoms with Gasteiger partial charge in [0.05, 0.1) is 5.01 Å². The maximum atomic E-state index is 11.9. The summed E-state index contributed by atoms with van der Waals surface area (Å²) in [5, 5.41) is 5.79. The normalized spacial score (nSPS) is 22.5. The molecule has 0 bridgehead atoms. The Labute approximate surface area is 106 Å². The predicted octanol–water partition coefficient (Wildman–Crippen LogP) is 1.56. The lowest BCUT2D eigenvalue weighted by Crippen LogP contribution is -2.27. The Morgan fingerprint density at radius 2 is 2.53 bits per heavy atom. The van der Waals surface area contributed by atoms with Crippen LogP contribution in [0.25, 0.3) is 0 Å². The third-order valence-electron chi connectivity index (χ3n) is 3.04. The number of aromatic nitrogens is 1. The Morgan fingerprint density at radius 3 is 3.24 bits per heavy atom. The molecule has 0 saturated heterocycles. The summed E-state index contributed by atoms with van der Waals surface area (Å²) in [5.74, 6) is 0.652. The van der Waals surface area contributed by atoms with Gasteiger partial charge in [-0.2, -0.15) is 0 Å². The van der Waals surface area contributed by atoms with Gasteiger partial charge >= 0.3 is 0 Å². The second kappa shape index (κ2) is 5.60. The van der Waals surface area contributed by atoms with Gasteiger partial charge < -0.3 is 11.1 Å². The lowest BCUT2D eigenvalue weighted by molar-refractivity contribution is 0.0944. The van der Waals surface area contributed by atoms with Crippen molar-refractivity contribution >= 4 is 17.2 Å². The fraction of sp³-hybridized carbons (Fsp3) is 0.667. The number of hydrogen-bond acceptors (Lipinski definition) is 4. The molecule has 4 nitrogen and oxygen atoms in total. The molecule has 2 rings (SSSR count). The van der Waals surface area contributed by atoms with Crippen LogP contribution in [0.5, 0.6) is 0 Å². The van der Waals surface area contributed by atoms with E-state index >= 15 is 0 Å². The maximum Gasteiger partial charge on any atom is 0.270 e. The van der Waals surface area contributed by atoms with Gasteiger partial charge in [0.1, 0.15) is 5.69 Å². The van der Waals surface area contributed by atoms with Crippen LogP contribution in [-0.4, -0.2) is 23.5 Å². The van der Waals surface area contributed by atoms with Crippen LogP contribution in [-0.2, 0) is 6.42 Å². The number of carbonyl (C=O) groups excluding carboxylic acids is 1. The van der Waals surface area contributed by atoms with E-state index < -0.39 is 0 Å². The zero-order chi connectivity index (χ0) is 12.3. The molecule has 1 aromatic heterocycles. The average molecular weight is 253 g/mol. The summed E-state index contributed by atoms with van der Waals surface area (Å²) in [6.45, 7) is 2.76. The van der Waals surface area contributed by atoms with Gasteiger partial charge in [-0.3, -0.25) is 4.79 Å². The van der Waals surface area contributed by atoms with Gasteiger partial charge in [0, 0.05) is 17.8 Å². The second-order valence-electron chi connectivity index (χ2n) is 4.53. The average Bonchev–Trinajstić information content (AvgIpc) is 2.86. The number of carbonyl (C=O) groups is 1. The van der Waals surface area contributed by atoms with E-state index in [0.717, 1.165) is 17.8 Å². The van der Waals surface area contributed by atoms with Crippen LogP contribution in [0, 0.1) is 5.92 Å². The van der Waals surface area contributed by atoms with Crippen molar-refractivity contribution < 1.29 is 4.79 Å². The highest BCUT2D eigenvalue weighted by atomic mass is 32.1. The summed E-state index contributed by atoms with van der Waals surface area (Å²) in [6, 6.07) is 0.377. The Kier molecular flexibility index (Phi) is 4.12. The van der Waals surface area contributed by atoms with Gasteiger partial charge in [-0.25, -0.2) is 4.98 Å².